The lowest BCUT2D eigenvalue weighted by molar-refractivity contribution is 0.746. The minimum absolute atomic E-state index is 0.535. The fraction of sp³-hybridized carbons (Fsp3) is 0.714. The number of hydrogen-bond acceptors (Lipinski definition) is 5. The third kappa shape index (κ3) is 4.27. The standard InChI is InChI=1S/C14H24N4S/c1-3-5-13-17-12(15)9-14(18-13)16-10-6-7-11(8-10)19-4-2/h9-11H,3-8H2,1-2H3,(H3,15,16,17,18). The first-order valence-electron chi connectivity index (χ1n) is 7.22. The Hall–Kier alpha value is -0.970. The monoisotopic (exact) mass is 280 g/mol. The van der Waals surface area contributed by atoms with Crippen LogP contribution in [0.4, 0.5) is 11.6 Å². The topological polar surface area (TPSA) is 63.8 Å². The molecule has 0 radical (unpaired) electrons. The van der Waals surface area contributed by atoms with E-state index in [1.165, 1.54) is 25.0 Å². The van der Waals surface area contributed by atoms with E-state index in [4.69, 9.17) is 5.73 Å². The fourth-order valence-corrected chi connectivity index (χ4v) is 3.74. The number of rotatable bonds is 6. The average Bonchev–Trinajstić information content (AvgIpc) is 2.76. The zero-order chi connectivity index (χ0) is 13.7. The van der Waals surface area contributed by atoms with Crippen LogP contribution in [0, 0.1) is 0 Å². The molecule has 1 aliphatic rings. The number of nitrogen functional groups attached to an aromatic ring is 1. The number of aryl methyl sites for hydroxylation is 1. The summed E-state index contributed by atoms with van der Waals surface area (Å²) in [5.74, 6) is 3.52. The van der Waals surface area contributed by atoms with Gasteiger partial charge in [-0.3, -0.25) is 0 Å². The van der Waals surface area contributed by atoms with Gasteiger partial charge >= 0.3 is 0 Å². The van der Waals surface area contributed by atoms with Gasteiger partial charge in [0.1, 0.15) is 17.5 Å². The highest BCUT2D eigenvalue weighted by atomic mass is 32.2. The average molecular weight is 280 g/mol. The van der Waals surface area contributed by atoms with Crippen LogP contribution in [0.3, 0.4) is 0 Å². The largest absolute Gasteiger partial charge is 0.384 e. The van der Waals surface area contributed by atoms with Gasteiger partial charge in [-0.05, 0) is 31.4 Å². The van der Waals surface area contributed by atoms with E-state index in [9.17, 15) is 0 Å². The minimum atomic E-state index is 0.535. The van der Waals surface area contributed by atoms with Crippen LogP contribution >= 0.6 is 11.8 Å². The third-order valence-electron chi connectivity index (χ3n) is 3.40. The molecule has 0 bridgehead atoms. The van der Waals surface area contributed by atoms with Gasteiger partial charge in [0.15, 0.2) is 0 Å². The van der Waals surface area contributed by atoms with Crippen LogP contribution in [0.15, 0.2) is 6.07 Å². The summed E-state index contributed by atoms with van der Waals surface area (Å²) < 4.78 is 0. The number of hydrogen-bond donors (Lipinski definition) is 2. The molecule has 4 nitrogen and oxygen atoms in total. The predicted octanol–water partition coefficient (Wildman–Crippen LogP) is 3.10. The summed E-state index contributed by atoms with van der Waals surface area (Å²) in [6.45, 7) is 4.36. The Morgan fingerprint density at radius 1 is 1.37 bits per heavy atom. The van der Waals surface area contributed by atoms with Crippen LogP contribution in [0.2, 0.25) is 0 Å². The van der Waals surface area contributed by atoms with E-state index in [1.807, 2.05) is 6.07 Å². The van der Waals surface area contributed by atoms with Crippen molar-refractivity contribution in [3.63, 3.8) is 0 Å². The van der Waals surface area contributed by atoms with Crippen molar-refractivity contribution in [1.29, 1.82) is 0 Å². The van der Waals surface area contributed by atoms with E-state index in [0.717, 1.165) is 29.7 Å². The normalized spacial score (nSPS) is 22.6. The zero-order valence-corrected chi connectivity index (χ0v) is 12.7. The number of nitrogens with one attached hydrogen (secondary N) is 1. The van der Waals surface area contributed by atoms with E-state index < -0.39 is 0 Å². The number of aromatic nitrogens is 2. The summed E-state index contributed by atoms with van der Waals surface area (Å²) in [6, 6.07) is 2.38. The molecule has 1 fully saturated rings. The number of anilines is 2. The van der Waals surface area contributed by atoms with Gasteiger partial charge in [-0.25, -0.2) is 9.97 Å². The SMILES string of the molecule is CCCc1nc(N)cc(NC2CCC(SCC)C2)n1. The van der Waals surface area contributed by atoms with Gasteiger partial charge in [0.05, 0.1) is 0 Å². The zero-order valence-electron chi connectivity index (χ0n) is 11.9. The summed E-state index contributed by atoms with van der Waals surface area (Å²) >= 11 is 2.07. The molecule has 2 atom stereocenters. The van der Waals surface area contributed by atoms with Crippen LogP contribution in [0.5, 0.6) is 0 Å². The van der Waals surface area contributed by atoms with Crippen molar-refractivity contribution < 1.29 is 0 Å². The second-order valence-corrected chi connectivity index (χ2v) is 6.65. The van der Waals surface area contributed by atoms with Gasteiger partial charge in [0, 0.05) is 23.8 Å². The van der Waals surface area contributed by atoms with Gasteiger partial charge in [-0.15, -0.1) is 0 Å². The first-order chi connectivity index (χ1) is 9.21. The molecule has 1 aromatic heterocycles. The van der Waals surface area contributed by atoms with Crippen LogP contribution in [-0.4, -0.2) is 27.0 Å². The Morgan fingerprint density at radius 2 is 2.21 bits per heavy atom. The summed E-state index contributed by atoms with van der Waals surface area (Å²) in [4.78, 5) is 8.81. The van der Waals surface area contributed by atoms with E-state index in [-0.39, 0.29) is 0 Å². The van der Waals surface area contributed by atoms with E-state index in [2.05, 4.69) is 40.9 Å². The Kier molecular flexibility index (Phi) is 5.31. The third-order valence-corrected chi connectivity index (χ3v) is 4.64. The molecule has 1 saturated carbocycles. The Balaban J connectivity index is 1.95. The maximum Gasteiger partial charge on any atom is 0.133 e. The van der Waals surface area contributed by atoms with Crippen molar-refractivity contribution in [3.05, 3.63) is 11.9 Å². The molecule has 0 spiro atoms. The van der Waals surface area contributed by atoms with Crippen molar-refractivity contribution in [2.24, 2.45) is 0 Å². The molecule has 1 heterocycles. The second-order valence-electron chi connectivity index (χ2n) is 5.08. The van der Waals surface area contributed by atoms with Crippen molar-refractivity contribution in [2.45, 2.75) is 57.2 Å². The van der Waals surface area contributed by atoms with Crippen LogP contribution in [0.25, 0.3) is 0 Å². The lowest BCUT2D eigenvalue weighted by Gasteiger charge is -2.14. The van der Waals surface area contributed by atoms with Crippen molar-refractivity contribution in [3.8, 4) is 0 Å². The maximum absolute atomic E-state index is 5.84. The molecule has 0 aliphatic heterocycles. The quantitative estimate of drug-likeness (QED) is 0.838. The molecule has 3 N–H and O–H groups in total. The lowest BCUT2D eigenvalue weighted by atomic mass is 10.2. The maximum atomic E-state index is 5.84. The molecule has 0 saturated heterocycles. The predicted molar refractivity (Wildman–Crippen MR) is 83.6 cm³/mol. The first-order valence-corrected chi connectivity index (χ1v) is 8.27. The first kappa shape index (κ1) is 14.4. The van der Waals surface area contributed by atoms with E-state index in [0.29, 0.717) is 11.9 Å². The van der Waals surface area contributed by atoms with E-state index in [1.54, 1.807) is 0 Å². The van der Waals surface area contributed by atoms with E-state index >= 15 is 0 Å². The molecule has 0 aromatic carbocycles. The highest BCUT2D eigenvalue weighted by molar-refractivity contribution is 7.99. The highest BCUT2D eigenvalue weighted by Crippen LogP contribution is 2.31. The molecule has 1 aliphatic carbocycles. The van der Waals surface area contributed by atoms with Gasteiger partial charge in [-0.1, -0.05) is 13.8 Å². The molecule has 5 heteroatoms. The van der Waals surface area contributed by atoms with Gasteiger partial charge in [-0.2, -0.15) is 11.8 Å². The summed E-state index contributed by atoms with van der Waals surface area (Å²) in [7, 11) is 0. The molecule has 2 rings (SSSR count). The van der Waals surface area contributed by atoms with Crippen LogP contribution in [-0.2, 0) is 6.42 Å². The van der Waals surface area contributed by atoms with Gasteiger partial charge < -0.3 is 11.1 Å². The Labute approximate surface area is 120 Å². The van der Waals surface area contributed by atoms with Crippen molar-refractivity contribution >= 4 is 23.4 Å². The summed E-state index contributed by atoms with van der Waals surface area (Å²) in [5.41, 5.74) is 5.84. The molecule has 1 aromatic rings. The Bertz CT molecular complexity index is 410. The smallest absolute Gasteiger partial charge is 0.133 e. The highest BCUT2D eigenvalue weighted by Gasteiger charge is 2.24. The van der Waals surface area contributed by atoms with Crippen molar-refractivity contribution in [1.82, 2.24) is 9.97 Å². The molecular formula is C14H24N4S. The Morgan fingerprint density at radius 3 is 2.95 bits per heavy atom. The molecule has 19 heavy (non-hydrogen) atoms. The van der Waals surface area contributed by atoms with Gasteiger partial charge in [0.2, 0.25) is 0 Å². The minimum Gasteiger partial charge on any atom is -0.384 e. The summed E-state index contributed by atoms with van der Waals surface area (Å²) in [6.07, 6.45) is 5.69. The molecular weight excluding hydrogens is 256 g/mol. The lowest BCUT2D eigenvalue weighted by Crippen LogP contribution is -2.18. The molecule has 2 unspecified atom stereocenters. The van der Waals surface area contributed by atoms with Gasteiger partial charge in [0.25, 0.3) is 0 Å². The summed E-state index contributed by atoms with van der Waals surface area (Å²) in [5, 5.41) is 4.33. The molecule has 106 valence electrons. The second kappa shape index (κ2) is 6.98. The number of nitrogens with zero attached hydrogens (tertiary/aromatic N) is 2. The fourth-order valence-electron chi connectivity index (χ4n) is 2.59. The van der Waals surface area contributed by atoms with Crippen LogP contribution in [0.1, 0.15) is 45.4 Å². The van der Waals surface area contributed by atoms with Crippen molar-refractivity contribution in [2.75, 3.05) is 16.8 Å². The van der Waals surface area contributed by atoms with Crippen LogP contribution < -0.4 is 11.1 Å². The number of thioether (sulfide) groups is 1. The molecule has 0 amide bonds. The number of nitrogens with two attached hydrogens (primary N) is 1.